The summed E-state index contributed by atoms with van der Waals surface area (Å²) in [5, 5.41) is 12.3. The first-order valence-electron chi connectivity index (χ1n) is 6.28. The summed E-state index contributed by atoms with van der Waals surface area (Å²) < 4.78 is 5.25. The van der Waals surface area contributed by atoms with Crippen LogP contribution < -0.4 is 5.32 Å². The maximum absolute atomic E-state index is 11.8. The molecular weight excluding hydrogens is 236 g/mol. The number of hydrogen-bond donors (Lipinski definition) is 2. The zero-order valence-electron chi connectivity index (χ0n) is 11.2. The predicted molar refractivity (Wildman–Crippen MR) is 66.1 cm³/mol. The summed E-state index contributed by atoms with van der Waals surface area (Å²) in [6, 6.07) is -0.461. The lowest BCUT2D eigenvalue weighted by atomic mass is 10.1. The molecule has 0 radical (unpaired) electrons. The molecule has 0 spiro atoms. The zero-order chi connectivity index (χ0) is 13.8. The van der Waals surface area contributed by atoms with Crippen LogP contribution in [-0.4, -0.2) is 53.3 Å². The van der Waals surface area contributed by atoms with E-state index in [0.29, 0.717) is 6.61 Å². The van der Waals surface area contributed by atoms with Gasteiger partial charge in [-0.3, -0.25) is 9.69 Å². The van der Waals surface area contributed by atoms with E-state index in [4.69, 9.17) is 4.74 Å². The lowest BCUT2D eigenvalue weighted by Gasteiger charge is -2.19. The van der Waals surface area contributed by atoms with Crippen molar-refractivity contribution in [3.8, 4) is 0 Å². The minimum Gasteiger partial charge on any atom is -0.389 e. The maximum Gasteiger partial charge on any atom is 0.325 e. The van der Waals surface area contributed by atoms with Crippen LogP contribution in [0.25, 0.3) is 0 Å². The largest absolute Gasteiger partial charge is 0.389 e. The summed E-state index contributed by atoms with van der Waals surface area (Å²) in [4.78, 5) is 24.4. The van der Waals surface area contributed by atoms with Crippen LogP contribution in [0.3, 0.4) is 0 Å². The summed E-state index contributed by atoms with van der Waals surface area (Å²) >= 11 is 0. The van der Waals surface area contributed by atoms with Gasteiger partial charge in [0, 0.05) is 6.61 Å². The molecule has 1 rings (SSSR count). The fourth-order valence-corrected chi connectivity index (χ4v) is 1.71. The number of amides is 3. The first-order valence-corrected chi connectivity index (χ1v) is 6.28. The molecule has 1 fully saturated rings. The molecule has 1 heterocycles. The Labute approximate surface area is 107 Å². The van der Waals surface area contributed by atoms with E-state index in [1.165, 1.54) is 0 Å². The van der Waals surface area contributed by atoms with E-state index in [2.05, 4.69) is 12.2 Å². The van der Waals surface area contributed by atoms with E-state index >= 15 is 0 Å². The topological polar surface area (TPSA) is 78.9 Å². The van der Waals surface area contributed by atoms with Crippen LogP contribution in [0, 0.1) is 0 Å². The molecule has 1 aliphatic rings. The second-order valence-corrected chi connectivity index (χ2v) is 5.05. The summed E-state index contributed by atoms with van der Waals surface area (Å²) in [6.07, 6.45) is 1.12. The molecular formula is C12H22N2O4. The van der Waals surface area contributed by atoms with E-state index < -0.39 is 17.7 Å². The van der Waals surface area contributed by atoms with E-state index in [1.807, 2.05) is 0 Å². The van der Waals surface area contributed by atoms with Gasteiger partial charge in [0.05, 0.1) is 19.3 Å². The number of nitrogens with zero attached hydrogens (tertiary/aromatic N) is 1. The standard InChI is InChI=1S/C12H22N2O4/c1-4-5-6-18-8-9(15)7-14-10(16)12(2,3)13-11(14)17/h9,15H,4-8H2,1-3H3,(H,13,17). The molecule has 1 unspecified atom stereocenters. The zero-order valence-corrected chi connectivity index (χ0v) is 11.2. The Kier molecular flexibility index (Phi) is 5.10. The first kappa shape index (κ1) is 14.9. The number of carbonyl (C=O) groups excluding carboxylic acids is 2. The molecule has 0 aliphatic carbocycles. The van der Waals surface area contributed by atoms with Crippen LogP contribution in [0.4, 0.5) is 4.79 Å². The molecule has 1 saturated heterocycles. The van der Waals surface area contributed by atoms with E-state index in [1.54, 1.807) is 13.8 Å². The van der Waals surface area contributed by atoms with Crippen LogP contribution in [0.5, 0.6) is 0 Å². The molecule has 6 heteroatoms. The number of carbonyl (C=O) groups is 2. The number of aliphatic hydroxyl groups is 1. The van der Waals surface area contributed by atoms with Crippen molar-refractivity contribution < 1.29 is 19.4 Å². The Balaban J connectivity index is 2.38. The van der Waals surface area contributed by atoms with Gasteiger partial charge in [0.1, 0.15) is 5.54 Å². The fourth-order valence-electron chi connectivity index (χ4n) is 1.71. The summed E-state index contributed by atoms with van der Waals surface area (Å²) in [5.41, 5.74) is -0.889. The highest BCUT2D eigenvalue weighted by molar-refractivity contribution is 6.06. The van der Waals surface area contributed by atoms with Crippen LogP contribution >= 0.6 is 0 Å². The molecule has 3 amide bonds. The number of rotatable bonds is 7. The molecule has 1 aliphatic heterocycles. The lowest BCUT2D eigenvalue weighted by Crippen LogP contribution is -2.42. The smallest absolute Gasteiger partial charge is 0.325 e. The van der Waals surface area contributed by atoms with E-state index in [9.17, 15) is 14.7 Å². The van der Waals surface area contributed by atoms with Crippen molar-refractivity contribution >= 4 is 11.9 Å². The predicted octanol–water partition coefficient (Wildman–Crippen LogP) is 0.494. The molecule has 0 aromatic carbocycles. The lowest BCUT2D eigenvalue weighted by molar-refractivity contribution is -0.131. The monoisotopic (exact) mass is 258 g/mol. The number of aliphatic hydroxyl groups excluding tert-OH is 1. The number of β-amino-alcohol motifs (C(OH)–C–C–N with tert-alkyl or cyclic N) is 1. The molecule has 0 aromatic rings. The van der Waals surface area contributed by atoms with Gasteiger partial charge in [-0.2, -0.15) is 0 Å². The molecule has 2 N–H and O–H groups in total. The average Bonchev–Trinajstić information content (AvgIpc) is 2.47. The average molecular weight is 258 g/mol. The van der Waals surface area contributed by atoms with Gasteiger partial charge in [-0.1, -0.05) is 13.3 Å². The normalized spacial score (nSPS) is 20.1. The third kappa shape index (κ3) is 3.68. The third-order valence-corrected chi connectivity index (χ3v) is 2.79. The van der Waals surface area contributed by atoms with Gasteiger partial charge >= 0.3 is 6.03 Å². The Hall–Kier alpha value is -1.14. The second kappa shape index (κ2) is 6.15. The van der Waals surface area contributed by atoms with Crippen molar-refractivity contribution in [3.63, 3.8) is 0 Å². The molecule has 1 atom stereocenters. The van der Waals surface area contributed by atoms with Crippen molar-refractivity contribution in [1.82, 2.24) is 10.2 Å². The minimum absolute atomic E-state index is 0.0276. The van der Waals surface area contributed by atoms with E-state index in [-0.39, 0.29) is 19.1 Å². The van der Waals surface area contributed by atoms with E-state index in [0.717, 1.165) is 17.7 Å². The number of unbranched alkanes of at least 4 members (excludes halogenated alkanes) is 1. The van der Waals surface area contributed by atoms with Crippen molar-refractivity contribution in [2.75, 3.05) is 19.8 Å². The minimum atomic E-state index is -0.889. The fraction of sp³-hybridized carbons (Fsp3) is 0.833. The molecule has 0 bridgehead atoms. The Morgan fingerprint density at radius 1 is 1.44 bits per heavy atom. The third-order valence-electron chi connectivity index (χ3n) is 2.79. The van der Waals surface area contributed by atoms with Crippen molar-refractivity contribution in [1.29, 1.82) is 0 Å². The van der Waals surface area contributed by atoms with Crippen LogP contribution in [0.1, 0.15) is 33.6 Å². The number of urea groups is 1. The highest BCUT2D eigenvalue weighted by Gasteiger charge is 2.44. The molecule has 0 aromatic heterocycles. The Morgan fingerprint density at radius 2 is 2.11 bits per heavy atom. The van der Waals surface area contributed by atoms with Gasteiger partial charge < -0.3 is 15.2 Å². The Bertz CT molecular complexity index is 317. The number of ether oxygens (including phenoxy) is 1. The highest BCUT2D eigenvalue weighted by atomic mass is 16.5. The highest BCUT2D eigenvalue weighted by Crippen LogP contribution is 2.16. The summed E-state index contributed by atoms with van der Waals surface area (Å²) in [7, 11) is 0. The van der Waals surface area contributed by atoms with Crippen molar-refractivity contribution in [3.05, 3.63) is 0 Å². The first-order chi connectivity index (χ1) is 8.38. The van der Waals surface area contributed by atoms with Crippen molar-refractivity contribution in [2.45, 2.75) is 45.3 Å². The van der Waals surface area contributed by atoms with Crippen LogP contribution in [-0.2, 0) is 9.53 Å². The van der Waals surface area contributed by atoms with Gasteiger partial charge in [-0.25, -0.2) is 4.79 Å². The Morgan fingerprint density at radius 3 is 2.61 bits per heavy atom. The molecule has 0 saturated carbocycles. The molecule has 104 valence electrons. The van der Waals surface area contributed by atoms with Gasteiger partial charge in [0.25, 0.3) is 5.91 Å². The molecule has 18 heavy (non-hydrogen) atoms. The van der Waals surface area contributed by atoms with Crippen LogP contribution in [0.15, 0.2) is 0 Å². The van der Waals surface area contributed by atoms with Crippen molar-refractivity contribution in [2.24, 2.45) is 0 Å². The van der Waals surface area contributed by atoms with Crippen LogP contribution in [0.2, 0.25) is 0 Å². The summed E-state index contributed by atoms with van der Waals surface area (Å²) in [6.45, 7) is 6.01. The van der Waals surface area contributed by atoms with Gasteiger partial charge in [0.15, 0.2) is 0 Å². The van der Waals surface area contributed by atoms with Gasteiger partial charge in [-0.05, 0) is 20.3 Å². The van der Waals surface area contributed by atoms with Gasteiger partial charge in [-0.15, -0.1) is 0 Å². The quantitative estimate of drug-likeness (QED) is 0.514. The number of imide groups is 1. The SMILES string of the molecule is CCCCOCC(O)CN1C(=O)NC(C)(C)C1=O. The number of hydrogen-bond acceptors (Lipinski definition) is 4. The second-order valence-electron chi connectivity index (χ2n) is 5.05. The number of nitrogens with one attached hydrogen (secondary N) is 1. The maximum atomic E-state index is 11.8. The summed E-state index contributed by atoms with van der Waals surface area (Å²) in [5.74, 6) is -0.319. The molecule has 6 nitrogen and oxygen atoms in total. The van der Waals surface area contributed by atoms with Gasteiger partial charge in [0.2, 0.25) is 0 Å².